The molecule has 0 aliphatic heterocycles. The Labute approximate surface area is 128 Å². The molecule has 1 amide bonds. The highest BCUT2D eigenvalue weighted by molar-refractivity contribution is 9.10. The molecule has 0 radical (unpaired) electrons. The molecule has 0 saturated carbocycles. The number of rotatable bonds is 2. The normalized spacial score (nSPS) is 10.7. The van der Waals surface area contributed by atoms with Crippen molar-refractivity contribution in [1.29, 1.82) is 0 Å². The van der Waals surface area contributed by atoms with E-state index in [0.29, 0.717) is 16.2 Å². The number of amides is 1. The summed E-state index contributed by atoms with van der Waals surface area (Å²) in [6, 6.07) is 12.6. The van der Waals surface area contributed by atoms with Gasteiger partial charge in [0.15, 0.2) is 5.82 Å². The number of carbonyl (C=O) groups excluding carboxylic acids is 1. The molecule has 6 heteroatoms. The second-order valence-electron chi connectivity index (χ2n) is 4.21. The molecule has 0 spiro atoms. The monoisotopic (exact) mass is 349 g/mol. The van der Waals surface area contributed by atoms with Crippen LogP contribution >= 0.6 is 27.5 Å². The lowest BCUT2D eigenvalue weighted by molar-refractivity contribution is 0.101. The summed E-state index contributed by atoms with van der Waals surface area (Å²) in [6.07, 6.45) is 0. The maximum Gasteiger partial charge on any atom is 0.291 e. The maximum atomic E-state index is 12.1. The molecule has 0 aliphatic rings. The minimum absolute atomic E-state index is 0.252. The first-order valence-electron chi connectivity index (χ1n) is 5.84. The van der Waals surface area contributed by atoms with Gasteiger partial charge in [0.2, 0.25) is 0 Å². The Bertz CT molecular complexity index is 800. The fourth-order valence-electron chi connectivity index (χ4n) is 1.84. The number of aromatic nitrogens is 2. The van der Waals surface area contributed by atoms with Crippen molar-refractivity contribution in [3.8, 4) is 0 Å². The summed E-state index contributed by atoms with van der Waals surface area (Å²) in [5.74, 6) is -0.0438. The van der Waals surface area contributed by atoms with Crippen LogP contribution in [0.25, 0.3) is 11.0 Å². The van der Waals surface area contributed by atoms with E-state index in [0.717, 1.165) is 9.99 Å². The van der Waals surface area contributed by atoms with Crippen molar-refractivity contribution in [3.05, 3.63) is 57.8 Å². The summed E-state index contributed by atoms with van der Waals surface area (Å²) < 4.78 is 0.895. The second-order valence-corrected chi connectivity index (χ2v) is 5.56. The Balaban J connectivity index is 1.88. The molecule has 0 unspecified atom stereocenters. The number of carbonyl (C=O) groups is 1. The van der Waals surface area contributed by atoms with Crippen molar-refractivity contribution in [2.75, 3.05) is 5.32 Å². The van der Waals surface area contributed by atoms with Gasteiger partial charge in [-0.15, -0.1) is 0 Å². The molecule has 100 valence electrons. The molecular formula is C14H9BrClN3O. The molecule has 3 rings (SSSR count). The van der Waals surface area contributed by atoms with Crippen LogP contribution in [0, 0.1) is 0 Å². The number of imidazole rings is 1. The van der Waals surface area contributed by atoms with E-state index in [-0.39, 0.29) is 11.7 Å². The smallest absolute Gasteiger partial charge is 0.291 e. The molecule has 2 N–H and O–H groups in total. The van der Waals surface area contributed by atoms with Crippen LogP contribution in [-0.2, 0) is 0 Å². The van der Waals surface area contributed by atoms with Crippen molar-refractivity contribution >= 4 is 50.2 Å². The first kappa shape index (κ1) is 13.1. The van der Waals surface area contributed by atoms with Crippen molar-refractivity contribution in [2.45, 2.75) is 0 Å². The number of H-pyrrole nitrogens is 1. The van der Waals surface area contributed by atoms with Crippen molar-refractivity contribution in [2.24, 2.45) is 0 Å². The number of halogens is 2. The van der Waals surface area contributed by atoms with Crippen molar-refractivity contribution < 1.29 is 4.79 Å². The van der Waals surface area contributed by atoms with E-state index >= 15 is 0 Å². The standard InChI is InChI=1S/C14H9BrClN3O/c15-8-2-1-3-10(6-8)17-14(20)13-18-11-5-4-9(16)7-12(11)19-13/h1-7H,(H,17,20)(H,18,19). The van der Waals surface area contributed by atoms with Crippen LogP contribution < -0.4 is 5.32 Å². The first-order chi connectivity index (χ1) is 9.61. The maximum absolute atomic E-state index is 12.1. The van der Waals surface area contributed by atoms with E-state index in [9.17, 15) is 4.79 Å². The summed E-state index contributed by atoms with van der Waals surface area (Å²) in [4.78, 5) is 19.3. The lowest BCUT2D eigenvalue weighted by atomic mass is 10.3. The third kappa shape index (κ3) is 2.69. The Kier molecular flexibility index (Phi) is 3.46. The fourth-order valence-corrected chi connectivity index (χ4v) is 2.41. The van der Waals surface area contributed by atoms with Gasteiger partial charge < -0.3 is 10.3 Å². The van der Waals surface area contributed by atoms with E-state index in [1.54, 1.807) is 18.2 Å². The van der Waals surface area contributed by atoms with Crippen molar-refractivity contribution in [3.63, 3.8) is 0 Å². The lowest BCUT2D eigenvalue weighted by Gasteiger charge is -2.02. The number of aromatic amines is 1. The fraction of sp³-hybridized carbons (Fsp3) is 0. The van der Waals surface area contributed by atoms with Gasteiger partial charge in [-0.25, -0.2) is 4.98 Å². The van der Waals surface area contributed by atoms with Crippen LogP contribution in [0.4, 0.5) is 5.69 Å². The van der Waals surface area contributed by atoms with Gasteiger partial charge in [-0.2, -0.15) is 0 Å². The van der Waals surface area contributed by atoms with Gasteiger partial charge in [0, 0.05) is 15.2 Å². The number of nitrogens with one attached hydrogen (secondary N) is 2. The quantitative estimate of drug-likeness (QED) is 0.726. The minimum atomic E-state index is -0.296. The van der Waals surface area contributed by atoms with Crippen LogP contribution in [0.3, 0.4) is 0 Å². The Morgan fingerprint density at radius 3 is 2.90 bits per heavy atom. The molecule has 0 aliphatic carbocycles. The number of hydrogen-bond donors (Lipinski definition) is 2. The summed E-state index contributed by atoms with van der Waals surface area (Å²) in [5, 5.41) is 3.36. The molecular weight excluding hydrogens is 342 g/mol. The molecule has 4 nitrogen and oxygen atoms in total. The highest BCUT2D eigenvalue weighted by Gasteiger charge is 2.12. The third-order valence-corrected chi connectivity index (χ3v) is 3.47. The summed E-state index contributed by atoms with van der Waals surface area (Å²) in [6.45, 7) is 0. The highest BCUT2D eigenvalue weighted by atomic mass is 79.9. The number of anilines is 1. The van der Waals surface area contributed by atoms with E-state index in [1.807, 2.05) is 24.3 Å². The number of nitrogens with zero attached hydrogens (tertiary/aromatic N) is 1. The average molecular weight is 351 g/mol. The average Bonchev–Trinajstić information content (AvgIpc) is 2.81. The molecule has 0 atom stereocenters. The Hall–Kier alpha value is -1.85. The van der Waals surface area contributed by atoms with Gasteiger partial charge in [-0.1, -0.05) is 33.6 Å². The Morgan fingerprint density at radius 2 is 2.10 bits per heavy atom. The highest BCUT2D eigenvalue weighted by Crippen LogP contribution is 2.19. The first-order valence-corrected chi connectivity index (χ1v) is 7.01. The van der Waals surface area contributed by atoms with Crippen LogP contribution in [0.2, 0.25) is 5.02 Å². The zero-order valence-corrected chi connectivity index (χ0v) is 12.5. The van der Waals surface area contributed by atoms with Gasteiger partial charge >= 0.3 is 0 Å². The van der Waals surface area contributed by atoms with Gasteiger partial charge in [-0.05, 0) is 36.4 Å². The predicted molar refractivity (Wildman–Crippen MR) is 83.2 cm³/mol. The number of hydrogen-bond acceptors (Lipinski definition) is 2. The molecule has 3 aromatic rings. The molecule has 0 saturated heterocycles. The van der Waals surface area contributed by atoms with Crippen LogP contribution in [0.15, 0.2) is 46.9 Å². The Morgan fingerprint density at radius 1 is 1.25 bits per heavy atom. The summed E-state index contributed by atoms with van der Waals surface area (Å²) >= 11 is 9.25. The molecule has 0 bridgehead atoms. The summed E-state index contributed by atoms with van der Waals surface area (Å²) in [5.41, 5.74) is 2.13. The third-order valence-electron chi connectivity index (χ3n) is 2.74. The molecule has 1 aromatic heterocycles. The van der Waals surface area contributed by atoms with E-state index in [2.05, 4.69) is 31.2 Å². The lowest BCUT2D eigenvalue weighted by Crippen LogP contribution is -2.13. The number of fused-ring (bicyclic) bond motifs is 1. The zero-order chi connectivity index (χ0) is 14.1. The van der Waals surface area contributed by atoms with Gasteiger partial charge in [0.25, 0.3) is 5.91 Å². The molecule has 1 heterocycles. The second kappa shape index (κ2) is 5.26. The molecule has 2 aromatic carbocycles. The molecule has 20 heavy (non-hydrogen) atoms. The minimum Gasteiger partial charge on any atom is -0.334 e. The van der Waals surface area contributed by atoms with Gasteiger partial charge in [0.1, 0.15) is 0 Å². The van der Waals surface area contributed by atoms with E-state index in [4.69, 9.17) is 11.6 Å². The SMILES string of the molecule is O=C(Nc1cccc(Br)c1)c1nc2cc(Cl)ccc2[nH]1. The topological polar surface area (TPSA) is 57.8 Å². The van der Waals surface area contributed by atoms with Crippen LogP contribution in [0.1, 0.15) is 10.6 Å². The summed E-state index contributed by atoms with van der Waals surface area (Å²) in [7, 11) is 0. The molecule has 0 fully saturated rings. The number of benzene rings is 2. The van der Waals surface area contributed by atoms with Gasteiger partial charge in [-0.3, -0.25) is 4.79 Å². The predicted octanol–water partition coefficient (Wildman–Crippen LogP) is 4.23. The largest absolute Gasteiger partial charge is 0.334 e. The van der Waals surface area contributed by atoms with E-state index in [1.165, 1.54) is 0 Å². The van der Waals surface area contributed by atoms with Gasteiger partial charge in [0.05, 0.1) is 11.0 Å². The van der Waals surface area contributed by atoms with Crippen LogP contribution in [0.5, 0.6) is 0 Å². The van der Waals surface area contributed by atoms with E-state index < -0.39 is 0 Å². The van der Waals surface area contributed by atoms with Crippen LogP contribution in [-0.4, -0.2) is 15.9 Å². The van der Waals surface area contributed by atoms with Crippen molar-refractivity contribution in [1.82, 2.24) is 9.97 Å². The zero-order valence-electron chi connectivity index (χ0n) is 10.2.